The van der Waals surface area contributed by atoms with Gasteiger partial charge in [0.1, 0.15) is 36.9 Å². The van der Waals surface area contributed by atoms with Gasteiger partial charge >= 0.3 is 12.4 Å². The molecule has 1 heterocycles. The van der Waals surface area contributed by atoms with Crippen LogP contribution in [0.5, 0.6) is 11.5 Å². The fourth-order valence-corrected chi connectivity index (χ4v) is 3.70. The number of hydrogen-bond donors (Lipinski definition) is 2. The second kappa shape index (κ2) is 13.2. The van der Waals surface area contributed by atoms with E-state index >= 15 is 0 Å². The van der Waals surface area contributed by atoms with Crippen molar-refractivity contribution in [2.75, 3.05) is 32.8 Å². The SMILES string of the molecule is Cc1cnn(CCN(CC(O)COc2cccc(C(F)(F)F)c2)CC(O)COc2cccc(C(F)(F)F)c2)c1. The van der Waals surface area contributed by atoms with Crippen LogP contribution in [0.15, 0.2) is 60.9 Å². The van der Waals surface area contributed by atoms with Crippen molar-refractivity contribution in [2.45, 2.75) is 38.0 Å². The van der Waals surface area contributed by atoms with Crippen LogP contribution in [0.1, 0.15) is 16.7 Å². The lowest BCUT2D eigenvalue weighted by Gasteiger charge is -2.27. The summed E-state index contributed by atoms with van der Waals surface area (Å²) in [7, 11) is 0. The monoisotopic (exact) mass is 561 g/mol. The number of aliphatic hydroxyl groups is 2. The third-order valence-electron chi connectivity index (χ3n) is 5.55. The third-order valence-corrected chi connectivity index (χ3v) is 5.55. The van der Waals surface area contributed by atoms with E-state index in [9.17, 15) is 36.6 Å². The molecule has 0 saturated carbocycles. The molecule has 0 aliphatic rings. The van der Waals surface area contributed by atoms with E-state index in [0.29, 0.717) is 13.1 Å². The molecule has 214 valence electrons. The Morgan fingerprint density at radius 2 is 1.33 bits per heavy atom. The summed E-state index contributed by atoms with van der Waals surface area (Å²) in [6, 6.07) is 8.56. The quantitative estimate of drug-likeness (QED) is 0.301. The van der Waals surface area contributed by atoms with E-state index in [-0.39, 0.29) is 37.8 Å². The van der Waals surface area contributed by atoms with E-state index in [4.69, 9.17) is 9.47 Å². The van der Waals surface area contributed by atoms with Crippen LogP contribution >= 0.6 is 0 Å². The standard InChI is InChI=1S/C26H29F6N3O4/c1-18-12-33-35(13-18)9-8-34(14-21(36)16-38-23-6-2-4-19(10-23)25(27,28)29)15-22(37)17-39-24-7-3-5-20(11-24)26(30,31)32/h2-7,10-13,21-22,36-37H,8-9,14-17H2,1H3. The summed E-state index contributed by atoms with van der Waals surface area (Å²) in [5.41, 5.74) is -0.824. The molecule has 0 fully saturated rings. The van der Waals surface area contributed by atoms with E-state index in [2.05, 4.69) is 5.10 Å². The molecule has 0 radical (unpaired) electrons. The number of nitrogens with zero attached hydrogens (tertiary/aromatic N) is 3. The van der Waals surface area contributed by atoms with Gasteiger partial charge in [-0.1, -0.05) is 12.1 Å². The second-order valence-electron chi connectivity index (χ2n) is 9.02. The van der Waals surface area contributed by atoms with Gasteiger partial charge in [0.15, 0.2) is 0 Å². The minimum Gasteiger partial charge on any atom is -0.491 e. The molecule has 0 amide bonds. The first-order chi connectivity index (χ1) is 18.3. The molecule has 0 aliphatic carbocycles. The van der Waals surface area contributed by atoms with Gasteiger partial charge < -0.3 is 19.7 Å². The van der Waals surface area contributed by atoms with Crippen LogP contribution in [0.4, 0.5) is 26.3 Å². The number of halogens is 6. The molecule has 7 nitrogen and oxygen atoms in total. The van der Waals surface area contributed by atoms with Gasteiger partial charge in [-0.05, 0) is 48.9 Å². The average molecular weight is 562 g/mol. The second-order valence-corrected chi connectivity index (χ2v) is 9.02. The van der Waals surface area contributed by atoms with Crippen LogP contribution in [0, 0.1) is 6.92 Å². The highest BCUT2D eigenvalue weighted by Gasteiger charge is 2.31. The molecule has 13 heteroatoms. The van der Waals surface area contributed by atoms with Crippen LogP contribution in [0.2, 0.25) is 0 Å². The largest absolute Gasteiger partial charge is 0.491 e. The van der Waals surface area contributed by atoms with Gasteiger partial charge in [-0.3, -0.25) is 9.58 Å². The molecule has 2 unspecified atom stereocenters. The Morgan fingerprint density at radius 1 is 0.846 bits per heavy atom. The molecule has 0 spiro atoms. The van der Waals surface area contributed by atoms with Crippen molar-refractivity contribution in [3.05, 3.63) is 77.6 Å². The maximum absolute atomic E-state index is 12.9. The number of alkyl halides is 6. The van der Waals surface area contributed by atoms with Crippen molar-refractivity contribution >= 4 is 0 Å². The molecule has 2 atom stereocenters. The molecular formula is C26H29F6N3O4. The summed E-state index contributed by atoms with van der Waals surface area (Å²) in [5.74, 6) is -0.117. The molecule has 0 aliphatic heterocycles. The van der Waals surface area contributed by atoms with E-state index < -0.39 is 35.7 Å². The number of aliphatic hydroxyl groups excluding tert-OH is 2. The first-order valence-corrected chi connectivity index (χ1v) is 12.0. The minimum absolute atomic E-state index is 0.0141. The molecule has 2 N–H and O–H groups in total. The highest BCUT2D eigenvalue weighted by molar-refractivity contribution is 5.31. The maximum atomic E-state index is 12.9. The van der Waals surface area contributed by atoms with E-state index in [1.54, 1.807) is 22.0 Å². The van der Waals surface area contributed by atoms with Crippen LogP contribution < -0.4 is 9.47 Å². The summed E-state index contributed by atoms with van der Waals surface area (Å²) < 4.78 is 89.9. The van der Waals surface area contributed by atoms with Gasteiger partial charge in [-0.15, -0.1) is 0 Å². The zero-order valence-corrected chi connectivity index (χ0v) is 21.0. The van der Waals surface area contributed by atoms with Crippen molar-refractivity contribution in [1.29, 1.82) is 0 Å². The van der Waals surface area contributed by atoms with Crippen molar-refractivity contribution < 1.29 is 46.0 Å². The number of rotatable bonds is 13. The zero-order chi connectivity index (χ0) is 28.6. The molecule has 2 aromatic carbocycles. The van der Waals surface area contributed by atoms with Crippen LogP contribution in [-0.2, 0) is 18.9 Å². The topological polar surface area (TPSA) is 80.0 Å². The lowest BCUT2D eigenvalue weighted by atomic mass is 10.2. The molecule has 3 rings (SSSR count). The fourth-order valence-electron chi connectivity index (χ4n) is 3.70. The van der Waals surface area contributed by atoms with Gasteiger partial charge in [0.2, 0.25) is 0 Å². The summed E-state index contributed by atoms with van der Waals surface area (Å²) in [6.07, 6.45) is -7.86. The molecule has 0 bridgehead atoms. The Balaban J connectivity index is 1.58. The molecule has 39 heavy (non-hydrogen) atoms. The summed E-state index contributed by atoms with van der Waals surface area (Å²) in [6.45, 7) is 1.94. The Labute approximate surface area is 221 Å². The van der Waals surface area contributed by atoms with Gasteiger partial charge in [-0.25, -0.2) is 0 Å². The van der Waals surface area contributed by atoms with Crippen molar-refractivity contribution in [3.8, 4) is 11.5 Å². The van der Waals surface area contributed by atoms with Crippen LogP contribution in [0.3, 0.4) is 0 Å². The first kappa shape index (κ1) is 30.3. The van der Waals surface area contributed by atoms with Crippen molar-refractivity contribution in [1.82, 2.24) is 14.7 Å². The van der Waals surface area contributed by atoms with E-state index in [0.717, 1.165) is 29.8 Å². The highest BCUT2D eigenvalue weighted by atomic mass is 19.4. The lowest BCUT2D eigenvalue weighted by Crippen LogP contribution is -2.43. The number of aromatic nitrogens is 2. The third kappa shape index (κ3) is 10.1. The maximum Gasteiger partial charge on any atom is 0.416 e. The Bertz CT molecular complexity index is 1120. The normalized spacial score (nSPS) is 13.9. The Morgan fingerprint density at radius 3 is 1.74 bits per heavy atom. The number of aryl methyl sites for hydroxylation is 1. The van der Waals surface area contributed by atoms with Gasteiger partial charge in [0, 0.05) is 25.8 Å². The average Bonchev–Trinajstić information content (AvgIpc) is 3.29. The number of hydrogen-bond acceptors (Lipinski definition) is 6. The highest BCUT2D eigenvalue weighted by Crippen LogP contribution is 2.32. The van der Waals surface area contributed by atoms with Crippen LogP contribution in [-0.4, -0.2) is 69.9 Å². The number of benzene rings is 2. The van der Waals surface area contributed by atoms with Crippen molar-refractivity contribution in [2.24, 2.45) is 0 Å². The van der Waals surface area contributed by atoms with Gasteiger partial charge in [0.05, 0.1) is 23.9 Å². The zero-order valence-electron chi connectivity index (χ0n) is 21.0. The summed E-state index contributed by atoms with van der Waals surface area (Å²) in [5, 5.41) is 25.2. The molecule has 0 saturated heterocycles. The smallest absolute Gasteiger partial charge is 0.416 e. The van der Waals surface area contributed by atoms with Crippen LogP contribution in [0.25, 0.3) is 0 Å². The molecule has 1 aromatic heterocycles. The van der Waals surface area contributed by atoms with E-state index in [1.165, 1.54) is 24.3 Å². The summed E-state index contributed by atoms with van der Waals surface area (Å²) in [4.78, 5) is 1.68. The summed E-state index contributed by atoms with van der Waals surface area (Å²) >= 11 is 0. The predicted octanol–water partition coefficient (Wildman–Crippen LogP) is 4.41. The Kier molecular flexibility index (Phi) is 10.2. The minimum atomic E-state index is -4.54. The van der Waals surface area contributed by atoms with Gasteiger partial charge in [0.25, 0.3) is 0 Å². The first-order valence-electron chi connectivity index (χ1n) is 12.0. The molecular weight excluding hydrogens is 532 g/mol. The Hall–Kier alpha value is -3.29. The van der Waals surface area contributed by atoms with E-state index in [1.807, 2.05) is 6.92 Å². The predicted molar refractivity (Wildman–Crippen MR) is 129 cm³/mol. The fraction of sp³-hybridized carbons (Fsp3) is 0.423. The lowest BCUT2D eigenvalue weighted by molar-refractivity contribution is -0.138. The number of ether oxygens (including phenoxy) is 2. The van der Waals surface area contributed by atoms with Gasteiger partial charge in [-0.2, -0.15) is 31.4 Å². The van der Waals surface area contributed by atoms with Crippen molar-refractivity contribution in [3.63, 3.8) is 0 Å². The molecule has 3 aromatic rings.